The van der Waals surface area contributed by atoms with E-state index in [1.165, 1.54) is 0 Å². The molecule has 0 aliphatic heterocycles. The Hall–Kier alpha value is -2.63. The van der Waals surface area contributed by atoms with Crippen molar-refractivity contribution in [2.75, 3.05) is 26.0 Å². The van der Waals surface area contributed by atoms with Crippen LogP contribution in [0.1, 0.15) is 15.9 Å². The standard InChI is InChI=1S/C21H22ClN3O2/c1-14-13-15(22)7-8-16(14)20(26)23-19-6-4-5-18-17(19)9-10-25(21(18)27)12-11-24(2)3/h4-10,13H,11-12H2,1-3H3,(H,23,26). The molecule has 2 aromatic carbocycles. The fourth-order valence-electron chi connectivity index (χ4n) is 2.98. The van der Waals surface area contributed by atoms with Crippen molar-refractivity contribution in [3.05, 3.63) is 75.2 Å². The van der Waals surface area contributed by atoms with Crippen LogP contribution >= 0.6 is 11.6 Å². The molecule has 0 fully saturated rings. The van der Waals surface area contributed by atoms with E-state index in [2.05, 4.69) is 5.32 Å². The summed E-state index contributed by atoms with van der Waals surface area (Å²) in [7, 11) is 3.94. The molecule has 3 rings (SSSR count). The molecule has 1 aromatic heterocycles. The lowest BCUT2D eigenvalue weighted by Gasteiger charge is -2.14. The number of carbonyl (C=O) groups is 1. The minimum absolute atomic E-state index is 0.0619. The van der Waals surface area contributed by atoms with Gasteiger partial charge in [0.05, 0.1) is 0 Å². The largest absolute Gasteiger partial charge is 0.321 e. The van der Waals surface area contributed by atoms with Gasteiger partial charge in [-0.1, -0.05) is 17.7 Å². The molecule has 0 aliphatic rings. The molecule has 140 valence electrons. The van der Waals surface area contributed by atoms with Gasteiger partial charge in [0.1, 0.15) is 0 Å². The number of aryl methyl sites for hydroxylation is 1. The molecule has 0 saturated carbocycles. The lowest BCUT2D eigenvalue weighted by Crippen LogP contribution is -2.26. The van der Waals surface area contributed by atoms with Gasteiger partial charge in [-0.2, -0.15) is 0 Å². The van der Waals surface area contributed by atoms with Crippen LogP contribution < -0.4 is 10.9 Å². The molecule has 0 bridgehead atoms. The number of nitrogens with one attached hydrogen (secondary N) is 1. The SMILES string of the molecule is Cc1cc(Cl)ccc1C(=O)Nc1cccc2c(=O)n(CCN(C)C)ccc12. The van der Waals surface area contributed by atoms with Crippen LogP contribution in [0, 0.1) is 6.92 Å². The first kappa shape index (κ1) is 19.1. The van der Waals surface area contributed by atoms with Crippen molar-refractivity contribution in [1.29, 1.82) is 0 Å². The number of hydrogen-bond donors (Lipinski definition) is 1. The molecule has 6 heteroatoms. The quantitative estimate of drug-likeness (QED) is 0.729. The first-order chi connectivity index (χ1) is 12.9. The van der Waals surface area contributed by atoms with Crippen LogP contribution in [0.25, 0.3) is 10.8 Å². The normalized spacial score (nSPS) is 11.1. The van der Waals surface area contributed by atoms with Gasteiger partial charge >= 0.3 is 0 Å². The highest BCUT2D eigenvalue weighted by molar-refractivity contribution is 6.30. The van der Waals surface area contributed by atoms with E-state index in [1.807, 2.05) is 32.0 Å². The highest BCUT2D eigenvalue weighted by Crippen LogP contribution is 2.23. The molecule has 3 aromatic rings. The molecule has 1 N–H and O–H groups in total. The average molecular weight is 384 g/mol. The minimum atomic E-state index is -0.228. The fourth-order valence-corrected chi connectivity index (χ4v) is 3.21. The van der Waals surface area contributed by atoms with Crippen LogP contribution in [0.3, 0.4) is 0 Å². The molecule has 0 atom stereocenters. The monoisotopic (exact) mass is 383 g/mol. The van der Waals surface area contributed by atoms with Crippen molar-refractivity contribution in [2.24, 2.45) is 0 Å². The fraction of sp³-hybridized carbons (Fsp3) is 0.238. The third kappa shape index (κ3) is 4.21. The second-order valence-electron chi connectivity index (χ2n) is 6.80. The molecule has 0 spiro atoms. The van der Waals surface area contributed by atoms with Gasteiger partial charge in [-0.05, 0) is 63.0 Å². The Morgan fingerprint density at radius 2 is 1.93 bits per heavy atom. The van der Waals surface area contributed by atoms with Crippen LogP contribution in [0.15, 0.2) is 53.5 Å². The summed E-state index contributed by atoms with van der Waals surface area (Å²) in [6.07, 6.45) is 1.78. The van der Waals surface area contributed by atoms with E-state index < -0.39 is 0 Å². The minimum Gasteiger partial charge on any atom is -0.321 e. The summed E-state index contributed by atoms with van der Waals surface area (Å²) < 4.78 is 1.69. The average Bonchev–Trinajstić information content (AvgIpc) is 2.61. The Morgan fingerprint density at radius 3 is 2.63 bits per heavy atom. The number of benzene rings is 2. The number of pyridine rings is 1. The molecule has 0 saturated heterocycles. The molecule has 1 amide bonds. The zero-order chi connectivity index (χ0) is 19.6. The number of carbonyl (C=O) groups excluding carboxylic acids is 1. The highest BCUT2D eigenvalue weighted by atomic mass is 35.5. The molecule has 27 heavy (non-hydrogen) atoms. The molecule has 1 heterocycles. The van der Waals surface area contributed by atoms with Crippen molar-refractivity contribution in [3.8, 4) is 0 Å². The molecular formula is C21H22ClN3O2. The number of rotatable bonds is 5. The zero-order valence-corrected chi connectivity index (χ0v) is 16.4. The van der Waals surface area contributed by atoms with E-state index >= 15 is 0 Å². The number of hydrogen-bond acceptors (Lipinski definition) is 3. The molecule has 0 radical (unpaired) electrons. The van der Waals surface area contributed by atoms with Crippen molar-refractivity contribution < 1.29 is 4.79 Å². The van der Waals surface area contributed by atoms with E-state index in [0.29, 0.717) is 28.2 Å². The number of anilines is 1. The van der Waals surface area contributed by atoms with Gasteiger partial charge < -0.3 is 14.8 Å². The van der Waals surface area contributed by atoms with Crippen LogP contribution in [-0.4, -0.2) is 36.0 Å². The van der Waals surface area contributed by atoms with Crippen LogP contribution in [-0.2, 0) is 6.54 Å². The third-order valence-corrected chi connectivity index (χ3v) is 4.72. The van der Waals surface area contributed by atoms with E-state index in [0.717, 1.165) is 17.5 Å². The number of fused-ring (bicyclic) bond motifs is 1. The first-order valence-corrected chi connectivity index (χ1v) is 9.09. The van der Waals surface area contributed by atoms with Gasteiger partial charge in [0.25, 0.3) is 11.5 Å². The Balaban J connectivity index is 1.94. The van der Waals surface area contributed by atoms with E-state index in [-0.39, 0.29) is 11.5 Å². The Kier molecular flexibility index (Phi) is 5.63. The Morgan fingerprint density at radius 1 is 1.15 bits per heavy atom. The van der Waals surface area contributed by atoms with Crippen LogP contribution in [0.4, 0.5) is 5.69 Å². The molecular weight excluding hydrogens is 362 g/mol. The highest BCUT2D eigenvalue weighted by Gasteiger charge is 2.13. The molecule has 0 aliphatic carbocycles. The maximum absolute atomic E-state index is 12.8. The predicted molar refractivity (Wildman–Crippen MR) is 111 cm³/mol. The van der Waals surface area contributed by atoms with E-state index in [9.17, 15) is 9.59 Å². The third-order valence-electron chi connectivity index (χ3n) is 4.49. The van der Waals surface area contributed by atoms with Crippen molar-refractivity contribution in [1.82, 2.24) is 9.47 Å². The number of nitrogens with zero attached hydrogens (tertiary/aromatic N) is 2. The van der Waals surface area contributed by atoms with Crippen molar-refractivity contribution in [3.63, 3.8) is 0 Å². The van der Waals surface area contributed by atoms with Gasteiger partial charge in [-0.3, -0.25) is 9.59 Å². The summed E-state index contributed by atoms with van der Waals surface area (Å²) in [5.74, 6) is -0.228. The van der Waals surface area contributed by atoms with Gasteiger partial charge in [0.2, 0.25) is 0 Å². The maximum atomic E-state index is 12.8. The Labute approximate surface area is 163 Å². The smallest absolute Gasteiger partial charge is 0.258 e. The first-order valence-electron chi connectivity index (χ1n) is 8.71. The summed E-state index contributed by atoms with van der Waals surface area (Å²) in [5.41, 5.74) is 1.90. The number of likely N-dealkylation sites (N-methyl/N-ethyl adjacent to an activating group) is 1. The summed E-state index contributed by atoms with van der Waals surface area (Å²) in [4.78, 5) is 27.5. The van der Waals surface area contributed by atoms with Crippen LogP contribution in [0.2, 0.25) is 5.02 Å². The molecule has 5 nitrogen and oxygen atoms in total. The van der Waals surface area contributed by atoms with Gasteiger partial charge in [-0.25, -0.2) is 0 Å². The number of amides is 1. The van der Waals surface area contributed by atoms with Crippen LogP contribution in [0.5, 0.6) is 0 Å². The molecule has 0 unspecified atom stereocenters. The van der Waals surface area contributed by atoms with E-state index in [4.69, 9.17) is 11.6 Å². The maximum Gasteiger partial charge on any atom is 0.258 e. The second kappa shape index (κ2) is 7.94. The van der Waals surface area contributed by atoms with Gasteiger partial charge in [0, 0.05) is 46.3 Å². The lowest BCUT2D eigenvalue weighted by molar-refractivity contribution is 0.102. The predicted octanol–water partition coefficient (Wildman–Crippen LogP) is 3.78. The summed E-state index contributed by atoms with van der Waals surface area (Å²) >= 11 is 5.97. The van der Waals surface area contributed by atoms with Gasteiger partial charge in [0.15, 0.2) is 0 Å². The lowest BCUT2D eigenvalue weighted by atomic mass is 10.1. The summed E-state index contributed by atoms with van der Waals surface area (Å²) in [6.45, 7) is 3.23. The van der Waals surface area contributed by atoms with E-state index in [1.54, 1.807) is 47.2 Å². The van der Waals surface area contributed by atoms with Crippen molar-refractivity contribution in [2.45, 2.75) is 13.5 Å². The van der Waals surface area contributed by atoms with Gasteiger partial charge in [-0.15, -0.1) is 0 Å². The Bertz CT molecular complexity index is 1060. The summed E-state index contributed by atoms with van der Waals surface area (Å²) in [5, 5.41) is 4.82. The number of halogens is 1. The summed E-state index contributed by atoms with van der Waals surface area (Å²) in [6, 6.07) is 12.4. The van der Waals surface area contributed by atoms with Crippen molar-refractivity contribution >= 4 is 34.0 Å². The number of aromatic nitrogens is 1. The second-order valence-corrected chi connectivity index (χ2v) is 7.23. The topological polar surface area (TPSA) is 54.3 Å². The zero-order valence-electron chi connectivity index (χ0n) is 15.6.